The Labute approximate surface area is 342 Å². The van der Waals surface area contributed by atoms with Crippen LogP contribution >= 0.6 is 0 Å². The zero-order chi connectivity index (χ0) is 41.1. The van der Waals surface area contributed by atoms with E-state index in [-0.39, 0.29) is 36.5 Å². The number of carbonyl (C=O) groups excluding carboxylic acids is 1. The van der Waals surface area contributed by atoms with E-state index in [0.29, 0.717) is 63.7 Å². The Kier molecular flexibility index (Phi) is 13.6. The Morgan fingerprint density at radius 3 is 2.61 bits per heavy atom. The minimum Gasteiger partial charge on any atom is -0.396 e. The van der Waals surface area contributed by atoms with E-state index < -0.39 is 27.9 Å². The molecule has 8 nitrogen and oxygen atoms in total. The first-order valence-corrected chi connectivity index (χ1v) is 21.5. The number of allylic oxidation sites excluding steroid dienone is 9. The number of aliphatic hydroxyl groups excluding tert-OH is 3. The Bertz CT molecular complexity index is 1790. The Morgan fingerprint density at radius 2 is 1.89 bits per heavy atom. The highest BCUT2D eigenvalue weighted by molar-refractivity contribution is 5.75. The zero-order valence-electron chi connectivity index (χ0n) is 35.3. The Balaban J connectivity index is 1.32. The summed E-state index contributed by atoms with van der Waals surface area (Å²) in [5.41, 5.74) is 3.66. The van der Waals surface area contributed by atoms with E-state index in [1.165, 1.54) is 16.7 Å². The number of aliphatic hydroxyl groups is 4. The van der Waals surface area contributed by atoms with Crippen LogP contribution in [0.4, 0.5) is 0 Å². The quantitative estimate of drug-likeness (QED) is 0.0546. The molecule has 2 spiro atoms. The third-order valence-corrected chi connectivity index (χ3v) is 15.4. The number of carbonyl (C=O) groups is 1. The highest BCUT2D eigenvalue weighted by Gasteiger charge is 2.79. The van der Waals surface area contributed by atoms with Gasteiger partial charge in [-0.05, 0) is 145 Å². The highest BCUT2D eigenvalue weighted by Crippen LogP contribution is 2.80. The molecule has 9 atom stereocenters. The van der Waals surface area contributed by atoms with Crippen LogP contribution in [-0.2, 0) is 22.4 Å². The summed E-state index contributed by atoms with van der Waals surface area (Å²) in [4.78, 5) is 12.6. The van der Waals surface area contributed by atoms with Gasteiger partial charge in [0.05, 0.1) is 18.3 Å². The molecule has 0 saturated heterocycles. The second kappa shape index (κ2) is 17.7. The summed E-state index contributed by atoms with van der Waals surface area (Å²) < 4.78 is 5.46. The molecule has 1 aliphatic heterocycles. The van der Waals surface area contributed by atoms with E-state index >= 15 is 0 Å². The lowest BCUT2D eigenvalue weighted by atomic mass is 9.34. The zero-order valence-corrected chi connectivity index (χ0v) is 35.3. The monoisotopic (exact) mass is 783 g/mol. The predicted molar refractivity (Wildman–Crippen MR) is 229 cm³/mol. The summed E-state index contributed by atoms with van der Waals surface area (Å²) in [6, 6.07) is 8.92. The minimum absolute atomic E-state index is 0.0232. The van der Waals surface area contributed by atoms with Gasteiger partial charge in [-0.2, -0.15) is 0 Å². The number of rotatable bonds is 14. The van der Waals surface area contributed by atoms with E-state index in [2.05, 4.69) is 79.6 Å². The van der Waals surface area contributed by atoms with Crippen LogP contribution in [-0.4, -0.2) is 91.0 Å². The van der Waals surface area contributed by atoms with Crippen molar-refractivity contribution in [3.05, 3.63) is 106 Å². The van der Waals surface area contributed by atoms with Crippen molar-refractivity contribution in [3.63, 3.8) is 0 Å². The summed E-state index contributed by atoms with van der Waals surface area (Å²) in [6.07, 6.45) is 20.1. The van der Waals surface area contributed by atoms with Crippen LogP contribution in [0.2, 0.25) is 0 Å². The topological polar surface area (TPSA) is 131 Å². The van der Waals surface area contributed by atoms with Gasteiger partial charge in [-0.15, -0.1) is 0 Å². The molecule has 5 aliphatic rings. The van der Waals surface area contributed by atoms with E-state index in [0.717, 1.165) is 55.2 Å². The van der Waals surface area contributed by atoms with Crippen molar-refractivity contribution in [2.75, 3.05) is 47.1 Å². The van der Waals surface area contributed by atoms with Crippen LogP contribution in [0.5, 0.6) is 0 Å². The fraction of sp³-hybridized carbons (Fsp3) is 0.612. The molecule has 6 N–H and O–H groups in total. The molecular formula is C49H70N2O6. The van der Waals surface area contributed by atoms with E-state index in [1.807, 2.05) is 26.1 Å². The maximum absolute atomic E-state index is 13.1. The molecule has 0 radical (unpaired) electrons. The van der Waals surface area contributed by atoms with Crippen molar-refractivity contribution in [3.8, 4) is 0 Å². The molecule has 312 valence electrons. The van der Waals surface area contributed by atoms with Gasteiger partial charge in [0.2, 0.25) is 0 Å². The fourth-order valence-corrected chi connectivity index (χ4v) is 12.6. The van der Waals surface area contributed by atoms with Crippen molar-refractivity contribution in [2.24, 2.45) is 34.0 Å². The molecule has 0 unspecified atom stereocenters. The normalized spacial score (nSPS) is 38.5. The van der Waals surface area contributed by atoms with Gasteiger partial charge in [-0.3, -0.25) is 4.79 Å². The molecule has 4 aliphatic carbocycles. The van der Waals surface area contributed by atoms with Crippen LogP contribution < -0.4 is 10.6 Å². The number of ether oxygens (including phenoxy) is 1. The van der Waals surface area contributed by atoms with Crippen molar-refractivity contribution in [1.29, 1.82) is 0 Å². The minimum atomic E-state index is -1.23. The lowest BCUT2D eigenvalue weighted by molar-refractivity contribution is -0.256. The number of hydrogen-bond donors (Lipinski definition) is 6. The number of nitrogens with one attached hydrogen (secondary N) is 2. The smallest absolute Gasteiger partial charge is 0.145 e. The molecule has 3 fully saturated rings. The first kappa shape index (κ1) is 43.6. The second-order valence-corrected chi connectivity index (χ2v) is 18.5. The van der Waals surface area contributed by atoms with E-state index in [9.17, 15) is 25.2 Å². The summed E-state index contributed by atoms with van der Waals surface area (Å²) in [6.45, 7) is 12.8. The molecular weight excluding hydrogens is 713 g/mol. The van der Waals surface area contributed by atoms with Gasteiger partial charge in [-0.25, -0.2) is 0 Å². The molecule has 1 heterocycles. The van der Waals surface area contributed by atoms with Gasteiger partial charge >= 0.3 is 0 Å². The van der Waals surface area contributed by atoms with E-state index in [4.69, 9.17) is 4.74 Å². The van der Waals surface area contributed by atoms with Gasteiger partial charge < -0.3 is 35.8 Å². The summed E-state index contributed by atoms with van der Waals surface area (Å²) in [7, 11) is 3.64. The molecule has 6 rings (SSSR count). The van der Waals surface area contributed by atoms with Crippen molar-refractivity contribution >= 4 is 6.29 Å². The molecule has 6 bridgehead atoms. The number of hydrogen-bond acceptors (Lipinski definition) is 8. The van der Waals surface area contributed by atoms with Crippen LogP contribution in [0, 0.1) is 34.0 Å². The van der Waals surface area contributed by atoms with Crippen LogP contribution in [0.3, 0.4) is 0 Å². The molecule has 0 aromatic heterocycles. The van der Waals surface area contributed by atoms with Crippen LogP contribution in [0.15, 0.2) is 95.2 Å². The Hall–Kier alpha value is -2.95. The van der Waals surface area contributed by atoms with Gasteiger partial charge in [0, 0.05) is 54.6 Å². The fourth-order valence-electron chi connectivity index (χ4n) is 12.6. The molecule has 8 heteroatoms. The molecule has 57 heavy (non-hydrogen) atoms. The summed E-state index contributed by atoms with van der Waals surface area (Å²) in [5, 5.41) is 54.7. The predicted octanol–water partition coefficient (Wildman–Crippen LogP) is 6.51. The van der Waals surface area contributed by atoms with Crippen molar-refractivity contribution < 1.29 is 30.0 Å². The lowest BCUT2D eigenvalue weighted by Crippen LogP contribution is -2.73. The maximum Gasteiger partial charge on any atom is 0.145 e. The largest absolute Gasteiger partial charge is 0.396 e. The summed E-state index contributed by atoms with van der Waals surface area (Å²) in [5.74, 6) is -0.0777. The van der Waals surface area contributed by atoms with Gasteiger partial charge in [-0.1, -0.05) is 78.4 Å². The highest BCUT2D eigenvalue weighted by atomic mass is 16.5. The standard InChI is InChI=1S/C49H70N2O6/c1-34-13-14-39(28-37-10-8-11-38(27-37)29-45(4,51-31-34)23-26-57-6)35(2)9-7-12-42(33-54)46-18-20-48-41(17-25-52)16-15-40(43(48)36(3)32-53)30-47(56,22-24-50-5)49(48,21-19-46)44(46)55/h7-13,15-16,27,32,39-41,44,50-52,54-56H,2,14,17-26,28-31,33H2,1,3-6H3/b9-7+,34-13+,42-12-,43-36?/t39-,40-,41+,44+,45-,46-,47+,48-,49+/m0/s1. The molecule has 0 amide bonds. The first-order valence-electron chi connectivity index (χ1n) is 21.5. The maximum atomic E-state index is 13.1. The third-order valence-electron chi connectivity index (χ3n) is 15.4. The lowest BCUT2D eigenvalue weighted by Gasteiger charge is -2.71. The number of benzene rings is 1. The first-order chi connectivity index (χ1) is 27.3. The Morgan fingerprint density at radius 1 is 1.12 bits per heavy atom. The van der Waals surface area contributed by atoms with Gasteiger partial charge in [0.1, 0.15) is 6.29 Å². The average Bonchev–Trinajstić information content (AvgIpc) is 3.40. The molecule has 3 saturated carbocycles. The van der Waals surface area contributed by atoms with Crippen molar-refractivity contribution in [2.45, 2.75) is 109 Å². The molecule has 1 aromatic rings. The van der Waals surface area contributed by atoms with Crippen LogP contribution in [0.25, 0.3) is 0 Å². The molecule has 1 aromatic carbocycles. The number of fused-ring (bicyclic) bond motifs is 4. The number of methoxy groups -OCH3 is 1. The second-order valence-electron chi connectivity index (χ2n) is 18.5. The average molecular weight is 783 g/mol. The SMILES string of the molecule is C=C(/C=C/C=C(/CO)[C@]12CC[C@@]3([C@@H]1O)[C@@](O)(CCNC)C[C@@H]1C=C[C@H](CCO)[C@@]3(CC2)C1=C(C)C=O)[C@H]1C/C=C(\C)CN[C@@](C)(CCOC)Cc2cccc(c2)C1. The van der Waals surface area contributed by atoms with Crippen molar-refractivity contribution in [1.82, 2.24) is 10.6 Å². The van der Waals surface area contributed by atoms with Crippen LogP contribution in [0.1, 0.15) is 89.7 Å². The number of aldehydes is 1. The van der Waals surface area contributed by atoms with Gasteiger partial charge in [0.15, 0.2) is 0 Å². The summed E-state index contributed by atoms with van der Waals surface area (Å²) >= 11 is 0. The third kappa shape index (κ3) is 7.69. The van der Waals surface area contributed by atoms with E-state index in [1.54, 1.807) is 7.11 Å². The van der Waals surface area contributed by atoms with Gasteiger partial charge in [0.25, 0.3) is 0 Å².